The van der Waals surface area contributed by atoms with Crippen LogP contribution in [-0.4, -0.2) is 30.1 Å². The molecule has 0 amide bonds. The van der Waals surface area contributed by atoms with E-state index in [1.54, 1.807) is 12.1 Å². The predicted octanol–water partition coefficient (Wildman–Crippen LogP) is 2.24. The lowest BCUT2D eigenvalue weighted by Crippen LogP contribution is -2.43. The largest absolute Gasteiger partial charge is 0.391 e. The van der Waals surface area contributed by atoms with Crippen LogP contribution in [0.25, 0.3) is 0 Å². The smallest absolute Gasteiger partial charge is 0.164 e. The Hall–Kier alpha value is -1.42. The van der Waals surface area contributed by atoms with Crippen LogP contribution < -0.4 is 4.90 Å². The van der Waals surface area contributed by atoms with Crippen LogP contribution >= 0.6 is 0 Å². The van der Waals surface area contributed by atoms with Crippen molar-refractivity contribution in [3.8, 4) is 0 Å². The molecule has 1 aromatic rings. The number of carbonyl (C=O) groups excluding carboxylic acids is 1. The van der Waals surface area contributed by atoms with Crippen molar-refractivity contribution >= 4 is 11.5 Å². The van der Waals surface area contributed by atoms with Crippen LogP contribution in [0.15, 0.2) is 18.2 Å². The van der Waals surface area contributed by atoms with Crippen molar-refractivity contribution < 1.29 is 14.3 Å². The fourth-order valence-electron chi connectivity index (χ4n) is 2.39. The molecule has 1 aromatic carbocycles. The predicted molar refractivity (Wildman–Crippen MR) is 68.4 cm³/mol. The summed E-state index contributed by atoms with van der Waals surface area (Å²) in [6, 6.07) is 4.63. The van der Waals surface area contributed by atoms with Gasteiger partial charge in [-0.15, -0.1) is 0 Å². The number of rotatable bonds is 2. The fraction of sp³-hybridized carbons (Fsp3) is 0.500. The molecule has 2 unspecified atom stereocenters. The molecule has 1 heterocycles. The molecule has 18 heavy (non-hydrogen) atoms. The topological polar surface area (TPSA) is 40.5 Å². The van der Waals surface area contributed by atoms with Gasteiger partial charge in [0.1, 0.15) is 5.82 Å². The first-order valence-corrected chi connectivity index (χ1v) is 6.23. The SMILES string of the molecule is CC(=O)c1c(F)cccc1N1CCC(C)C(O)C1. The molecule has 1 N–H and O–H groups in total. The molecule has 0 spiro atoms. The summed E-state index contributed by atoms with van der Waals surface area (Å²) in [5, 5.41) is 9.89. The summed E-state index contributed by atoms with van der Waals surface area (Å²) in [7, 11) is 0. The van der Waals surface area contributed by atoms with Crippen LogP contribution in [0, 0.1) is 11.7 Å². The number of benzene rings is 1. The van der Waals surface area contributed by atoms with Crippen LogP contribution in [0.2, 0.25) is 0 Å². The number of aliphatic hydroxyl groups excluding tert-OH is 1. The van der Waals surface area contributed by atoms with E-state index in [0.717, 1.165) is 13.0 Å². The van der Waals surface area contributed by atoms with Gasteiger partial charge in [-0.3, -0.25) is 4.79 Å². The number of anilines is 1. The molecule has 1 aliphatic rings. The highest BCUT2D eigenvalue weighted by molar-refractivity contribution is 6.00. The summed E-state index contributed by atoms with van der Waals surface area (Å²) >= 11 is 0. The summed E-state index contributed by atoms with van der Waals surface area (Å²) in [5.74, 6) is -0.528. The van der Waals surface area contributed by atoms with Crippen LogP contribution in [-0.2, 0) is 0 Å². The molecule has 0 radical (unpaired) electrons. The number of hydrogen-bond acceptors (Lipinski definition) is 3. The molecule has 0 saturated carbocycles. The van der Waals surface area contributed by atoms with E-state index in [9.17, 15) is 14.3 Å². The van der Waals surface area contributed by atoms with Gasteiger partial charge in [0, 0.05) is 13.1 Å². The minimum Gasteiger partial charge on any atom is -0.391 e. The Morgan fingerprint density at radius 1 is 1.50 bits per heavy atom. The number of piperidine rings is 1. The Morgan fingerprint density at radius 3 is 2.83 bits per heavy atom. The third kappa shape index (κ3) is 2.38. The third-order valence-corrected chi connectivity index (χ3v) is 3.60. The Labute approximate surface area is 106 Å². The van der Waals surface area contributed by atoms with Crippen LogP contribution in [0.4, 0.5) is 10.1 Å². The van der Waals surface area contributed by atoms with Gasteiger partial charge in [0.2, 0.25) is 0 Å². The van der Waals surface area contributed by atoms with E-state index in [2.05, 4.69) is 0 Å². The van der Waals surface area contributed by atoms with Crippen LogP contribution in [0.3, 0.4) is 0 Å². The molecule has 2 rings (SSSR count). The maximum absolute atomic E-state index is 13.7. The lowest BCUT2D eigenvalue weighted by atomic mass is 9.95. The number of Topliss-reactive ketones (excluding diaryl/α,β-unsaturated/α-hetero) is 1. The molecule has 0 aromatic heterocycles. The molecular formula is C14H18FNO2. The second-order valence-electron chi connectivity index (χ2n) is 4.97. The van der Waals surface area contributed by atoms with E-state index in [1.807, 2.05) is 11.8 Å². The number of ketones is 1. The number of β-amino-alcohol motifs (C(OH)–C–C–N with tert-alkyl or cyclic N) is 1. The zero-order valence-electron chi connectivity index (χ0n) is 10.7. The summed E-state index contributed by atoms with van der Waals surface area (Å²) < 4.78 is 13.7. The van der Waals surface area contributed by atoms with Gasteiger partial charge in [0.15, 0.2) is 5.78 Å². The van der Waals surface area contributed by atoms with E-state index in [-0.39, 0.29) is 17.3 Å². The molecule has 0 bridgehead atoms. The van der Waals surface area contributed by atoms with Crippen molar-refractivity contribution in [2.45, 2.75) is 26.4 Å². The zero-order chi connectivity index (χ0) is 13.3. The summed E-state index contributed by atoms with van der Waals surface area (Å²) in [6.45, 7) is 4.55. The molecule has 4 heteroatoms. The first-order chi connectivity index (χ1) is 8.50. The van der Waals surface area contributed by atoms with Crippen molar-refractivity contribution in [2.75, 3.05) is 18.0 Å². The monoisotopic (exact) mass is 251 g/mol. The minimum absolute atomic E-state index is 0.124. The van der Waals surface area contributed by atoms with Crippen molar-refractivity contribution in [2.24, 2.45) is 5.92 Å². The Bertz CT molecular complexity index is 461. The summed E-state index contributed by atoms with van der Waals surface area (Å²) in [6.07, 6.45) is 0.413. The lowest BCUT2D eigenvalue weighted by molar-refractivity contribution is 0.0993. The van der Waals surface area contributed by atoms with E-state index >= 15 is 0 Å². The van der Waals surface area contributed by atoms with Gasteiger partial charge < -0.3 is 10.0 Å². The van der Waals surface area contributed by atoms with Crippen LogP contribution in [0.1, 0.15) is 30.6 Å². The standard InChI is InChI=1S/C14H18FNO2/c1-9-6-7-16(8-13(9)18)12-5-3-4-11(15)14(12)10(2)17/h3-5,9,13,18H,6-8H2,1-2H3. The zero-order valence-corrected chi connectivity index (χ0v) is 10.7. The van der Waals surface area contributed by atoms with Crippen LogP contribution in [0.5, 0.6) is 0 Å². The van der Waals surface area contributed by atoms with Crippen molar-refractivity contribution in [1.29, 1.82) is 0 Å². The lowest BCUT2D eigenvalue weighted by Gasteiger charge is -2.36. The van der Waals surface area contributed by atoms with Crippen molar-refractivity contribution in [3.63, 3.8) is 0 Å². The van der Waals surface area contributed by atoms with Gasteiger partial charge in [-0.1, -0.05) is 13.0 Å². The van der Waals surface area contributed by atoms with E-state index in [0.29, 0.717) is 12.2 Å². The Balaban J connectivity index is 2.34. The van der Waals surface area contributed by atoms with Gasteiger partial charge in [-0.05, 0) is 31.4 Å². The molecule has 2 atom stereocenters. The van der Waals surface area contributed by atoms with Gasteiger partial charge in [0.05, 0.1) is 17.4 Å². The first kappa shape index (κ1) is 13.0. The van der Waals surface area contributed by atoms with Crippen molar-refractivity contribution in [1.82, 2.24) is 0 Å². The average Bonchev–Trinajstić information content (AvgIpc) is 2.32. The number of halogens is 1. The molecule has 3 nitrogen and oxygen atoms in total. The van der Waals surface area contributed by atoms with Gasteiger partial charge >= 0.3 is 0 Å². The highest BCUT2D eigenvalue weighted by Crippen LogP contribution is 2.28. The molecule has 98 valence electrons. The minimum atomic E-state index is -0.492. The quantitative estimate of drug-likeness (QED) is 0.819. The maximum atomic E-state index is 13.7. The van der Waals surface area contributed by atoms with Gasteiger partial charge in [0.25, 0.3) is 0 Å². The highest BCUT2D eigenvalue weighted by atomic mass is 19.1. The van der Waals surface area contributed by atoms with E-state index in [4.69, 9.17) is 0 Å². The summed E-state index contributed by atoms with van der Waals surface area (Å²) in [4.78, 5) is 13.4. The van der Waals surface area contributed by atoms with Gasteiger partial charge in [-0.2, -0.15) is 0 Å². The number of hydrogen-bond donors (Lipinski definition) is 1. The van der Waals surface area contributed by atoms with Crippen molar-refractivity contribution in [3.05, 3.63) is 29.6 Å². The Morgan fingerprint density at radius 2 is 2.22 bits per heavy atom. The third-order valence-electron chi connectivity index (χ3n) is 3.60. The first-order valence-electron chi connectivity index (χ1n) is 6.23. The second-order valence-corrected chi connectivity index (χ2v) is 4.97. The molecule has 1 fully saturated rings. The highest BCUT2D eigenvalue weighted by Gasteiger charge is 2.27. The summed E-state index contributed by atoms with van der Waals surface area (Å²) in [5.41, 5.74) is 0.715. The molecular weight excluding hydrogens is 233 g/mol. The average molecular weight is 251 g/mol. The second kappa shape index (κ2) is 5.06. The Kier molecular flexibility index (Phi) is 3.66. The maximum Gasteiger partial charge on any atom is 0.164 e. The molecule has 1 aliphatic heterocycles. The van der Waals surface area contributed by atoms with E-state index in [1.165, 1.54) is 13.0 Å². The molecule has 1 saturated heterocycles. The normalized spacial score (nSPS) is 24.1. The van der Waals surface area contributed by atoms with E-state index < -0.39 is 11.9 Å². The van der Waals surface area contributed by atoms with Gasteiger partial charge in [-0.25, -0.2) is 4.39 Å². The fourth-order valence-corrected chi connectivity index (χ4v) is 2.39. The number of carbonyl (C=O) groups is 1. The number of aliphatic hydroxyl groups is 1. The molecule has 0 aliphatic carbocycles. The number of nitrogens with zero attached hydrogens (tertiary/aromatic N) is 1.